The third-order valence-corrected chi connectivity index (χ3v) is 3.17. The molecular formula is C10H17NO2. The molecule has 0 aromatic carbocycles. The topological polar surface area (TPSA) is 40.5 Å². The molecule has 3 nitrogen and oxygen atoms in total. The lowest BCUT2D eigenvalue weighted by molar-refractivity contribution is -0.138. The van der Waals surface area contributed by atoms with Crippen LogP contribution in [-0.4, -0.2) is 35.6 Å². The molecule has 1 atom stereocenters. The van der Waals surface area contributed by atoms with E-state index in [1.807, 2.05) is 6.92 Å². The van der Waals surface area contributed by atoms with Gasteiger partial charge in [0.1, 0.15) is 0 Å². The van der Waals surface area contributed by atoms with Gasteiger partial charge in [0.2, 0.25) is 0 Å². The average molecular weight is 183 g/mol. The molecule has 74 valence electrons. The highest BCUT2D eigenvalue weighted by Crippen LogP contribution is 2.52. The Morgan fingerprint density at radius 1 is 1.54 bits per heavy atom. The highest BCUT2D eigenvalue weighted by molar-refractivity contribution is 5.66. The monoisotopic (exact) mass is 183 g/mol. The SMILES string of the molecule is CC(CC(=O)O)CN1CC2(CC2)C1. The highest BCUT2D eigenvalue weighted by atomic mass is 16.4. The third kappa shape index (κ3) is 2.02. The summed E-state index contributed by atoms with van der Waals surface area (Å²) in [6, 6.07) is 0. The van der Waals surface area contributed by atoms with Crippen LogP contribution in [0.3, 0.4) is 0 Å². The van der Waals surface area contributed by atoms with Gasteiger partial charge in [0.15, 0.2) is 0 Å². The van der Waals surface area contributed by atoms with Gasteiger partial charge in [-0.15, -0.1) is 0 Å². The first-order valence-corrected chi connectivity index (χ1v) is 5.04. The van der Waals surface area contributed by atoms with E-state index in [0.717, 1.165) is 6.54 Å². The van der Waals surface area contributed by atoms with E-state index in [4.69, 9.17) is 5.11 Å². The van der Waals surface area contributed by atoms with Crippen LogP contribution >= 0.6 is 0 Å². The van der Waals surface area contributed by atoms with Crippen LogP contribution in [0.5, 0.6) is 0 Å². The molecule has 0 aromatic rings. The predicted octanol–water partition coefficient (Wildman–Crippen LogP) is 1.19. The van der Waals surface area contributed by atoms with Crippen LogP contribution in [0.1, 0.15) is 26.2 Å². The highest BCUT2D eigenvalue weighted by Gasteiger charge is 2.51. The van der Waals surface area contributed by atoms with Gasteiger partial charge in [-0.25, -0.2) is 0 Å². The molecule has 1 N–H and O–H groups in total. The lowest BCUT2D eigenvalue weighted by atomic mass is 9.94. The Bertz CT molecular complexity index is 215. The number of aliphatic carboxylic acids is 1. The van der Waals surface area contributed by atoms with Crippen molar-refractivity contribution in [1.29, 1.82) is 0 Å². The second-order valence-electron chi connectivity index (χ2n) is 4.87. The second kappa shape index (κ2) is 2.98. The van der Waals surface area contributed by atoms with Crippen LogP contribution in [0.15, 0.2) is 0 Å². The number of carboxylic acids is 1. The van der Waals surface area contributed by atoms with E-state index in [1.54, 1.807) is 0 Å². The van der Waals surface area contributed by atoms with E-state index in [-0.39, 0.29) is 0 Å². The van der Waals surface area contributed by atoms with Crippen molar-refractivity contribution in [2.24, 2.45) is 11.3 Å². The first-order valence-electron chi connectivity index (χ1n) is 5.04. The fraction of sp³-hybridized carbons (Fsp3) is 0.900. The fourth-order valence-corrected chi connectivity index (χ4v) is 2.33. The Kier molecular flexibility index (Phi) is 2.06. The largest absolute Gasteiger partial charge is 0.481 e. The summed E-state index contributed by atoms with van der Waals surface area (Å²) in [7, 11) is 0. The van der Waals surface area contributed by atoms with E-state index in [9.17, 15) is 4.79 Å². The van der Waals surface area contributed by atoms with Crippen molar-refractivity contribution in [3.05, 3.63) is 0 Å². The number of likely N-dealkylation sites (tertiary alicyclic amines) is 1. The molecule has 1 aliphatic heterocycles. The maximum atomic E-state index is 10.4. The minimum Gasteiger partial charge on any atom is -0.481 e. The van der Waals surface area contributed by atoms with E-state index < -0.39 is 5.97 Å². The minimum absolute atomic E-state index is 0.300. The van der Waals surface area contributed by atoms with Crippen molar-refractivity contribution in [2.45, 2.75) is 26.2 Å². The molecule has 2 rings (SSSR count). The maximum Gasteiger partial charge on any atom is 0.303 e. The van der Waals surface area contributed by atoms with Crippen LogP contribution in [-0.2, 0) is 4.79 Å². The van der Waals surface area contributed by atoms with E-state index >= 15 is 0 Å². The molecule has 1 spiro atoms. The molecule has 1 saturated heterocycles. The second-order valence-corrected chi connectivity index (χ2v) is 4.87. The van der Waals surface area contributed by atoms with Crippen molar-refractivity contribution in [3.8, 4) is 0 Å². The van der Waals surface area contributed by atoms with Crippen LogP contribution < -0.4 is 0 Å². The summed E-state index contributed by atoms with van der Waals surface area (Å²) < 4.78 is 0. The van der Waals surface area contributed by atoms with Gasteiger partial charge in [0.25, 0.3) is 0 Å². The van der Waals surface area contributed by atoms with Crippen molar-refractivity contribution >= 4 is 5.97 Å². The van der Waals surface area contributed by atoms with Gasteiger partial charge in [-0.05, 0) is 24.2 Å². The van der Waals surface area contributed by atoms with Crippen molar-refractivity contribution in [3.63, 3.8) is 0 Å². The standard InChI is InChI=1S/C10H17NO2/c1-8(4-9(12)13)5-11-6-10(7-11)2-3-10/h8H,2-7H2,1H3,(H,12,13). The summed E-state index contributed by atoms with van der Waals surface area (Å²) in [5.41, 5.74) is 0.697. The van der Waals surface area contributed by atoms with Gasteiger partial charge in [0, 0.05) is 26.1 Å². The van der Waals surface area contributed by atoms with E-state index in [1.165, 1.54) is 25.9 Å². The Hall–Kier alpha value is -0.570. The van der Waals surface area contributed by atoms with Gasteiger partial charge >= 0.3 is 5.97 Å². The zero-order valence-electron chi connectivity index (χ0n) is 8.12. The smallest absolute Gasteiger partial charge is 0.303 e. The quantitative estimate of drug-likeness (QED) is 0.711. The molecule has 1 heterocycles. The lowest BCUT2D eigenvalue weighted by Gasteiger charge is -2.41. The van der Waals surface area contributed by atoms with Crippen molar-refractivity contribution < 1.29 is 9.90 Å². The van der Waals surface area contributed by atoms with Gasteiger partial charge in [0.05, 0.1) is 0 Å². The Balaban J connectivity index is 1.64. The molecule has 2 fully saturated rings. The molecule has 3 heteroatoms. The molecule has 0 bridgehead atoms. The molecule has 2 aliphatic rings. The predicted molar refractivity (Wildman–Crippen MR) is 49.5 cm³/mol. The molecule has 1 aliphatic carbocycles. The van der Waals surface area contributed by atoms with Crippen LogP contribution in [0.2, 0.25) is 0 Å². The first-order chi connectivity index (χ1) is 6.10. The van der Waals surface area contributed by atoms with Crippen LogP contribution in [0, 0.1) is 11.3 Å². The molecule has 1 unspecified atom stereocenters. The van der Waals surface area contributed by atoms with E-state index in [0.29, 0.717) is 17.8 Å². The number of carbonyl (C=O) groups is 1. The summed E-state index contributed by atoms with van der Waals surface area (Å²) >= 11 is 0. The zero-order valence-corrected chi connectivity index (χ0v) is 8.12. The number of hydrogen-bond donors (Lipinski definition) is 1. The third-order valence-electron chi connectivity index (χ3n) is 3.17. The number of rotatable bonds is 4. The van der Waals surface area contributed by atoms with E-state index in [2.05, 4.69) is 4.90 Å². The molecule has 0 radical (unpaired) electrons. The van der Waals surface area contributed by atoms with Crippen molar-refractivity contribution in [1.82, 2.24) is 4.90 Å². The Morgan fingerprint density at radius 2 is 2.15 bits per heavy atom. The molecular weight excluding hydrogens is 166 g/mol. The summed E-state index contributed by atoms with van der Waals surface area (Å²) in [4.78, 5) is 12.8. The molecule has 0 amide bonds. The van der Waals surface area contributed by atoms with Crippen LogP contribution in [0.25, 0.3) is 0 Å². The summed E-state index contributed by atoms with van der Waals surface area (Å²) in [5, 5.41) is 8.58. The molecule has 1 saturated carbocycles. The normalized spacial score (nSPS) is 26.8. The molecule has 13 heavy (non-hydrogen) atoms. The average Bonchev–Trinajstić information content (AvgIpc) is 2.63. The number of hydrogen-bond acceptors (Lipinski definition) is 2. The summed E-state index contributed by atoms with van der Waals surface area (Å²) in [6.45, 7) is 5.42. The lowest BCUT2D eigenvalue weighted by Crippen LogP contribution is -2.49. The van der Waals surface area contributed by atoms with Gasteiger partial charge in [-0.2, -0.15) is 0 Å². The number of carboxylic acid groups (broad SMARTS) is 1. The summed E-state index contributed by atoms with van der Waals surface area (Å²) in [6.07, 6.45) is 3.11. The molecule has 0 aromatic heterocycles. The minimum atomic E-state index is -0.672. The Morgan fingerprint density at radius 3 is 2.62 bits per heavy atom. The van der Waals surface area contributed by atoms with Gasteiger partial charge < -0.3 is 10.0 Å². The van der Waals surface area contributed by atoms with Gasteiger partial charge in [-0.3, -0.25) is 4.79 Å². The Labute approximate surface area is 78.7 Å². The zero-order chi connectivity index (χ0) is 9.47. The fourth-order valence-electron chi connectivity index (χ4n) is 2.33. The van der Waals surface area contributed by atoms with Crippen molar-refractivity contribution in [2.75, 3.05) is 19.6 Å². The first kappa shape index (κ1) is 9.00. The van der Waals surface area contributed by atoms with Crippen LogP contribution in [0.4, 0.5) is 0 Å². The number of nitrogens with zero attached hydrogens (tertiary/aromatic N) is 1. The maximum absolute atomic E-state index is 10.4. The van der Waals surface area contributed by atoms with Gasteiger partial charge in [-0.1, -0.05) is 6.92 Å². The summed E-state index contributed by atoms with van der Waals surface area (Å²) in [5.74, 6) is -0.372.